The highest BCUT2D eigenvalue weighted by atomic mass is 32.2. The first kappa shape index (κ1) is 22.7. The maximum absolute atomic E-state index is 5.91. The van der Waals surface area contributed by atoms with Crippen LogP contribution >= 0.6 is 48.0 Å². The van der Waals surface area contributed by atoms with E-state index in [-0.39, 0.29) is 15.9 Å². The summed E-state index contributed by atoms with van der Waals surface area (Å²) in [6, 6.07) is 16.6. The van der Waals surface area contributed by atoms with Crippen LogP contribution in [0.15, 0.2) is 48.5 Å². The molecule has 0 saturated carbocycles. The fourth-order valence-corrected chi connectivity index (χ4v) is 5.69. The second-order valence-corrected chi connectivity index (χ2v) is 11.7. The average molecular weight is 493 g/mol. The lowest BCUT2D eigenvalue weighted by Crippen LogP contribution is -2.19. The van der Waals surface area contributed by atoms with Crippen molar-refractivity contribution in [1.82, 2.24) is 0 Å². The number of hydrogen-bond donors (Lipinski definition) is 0. The highest BCUT2D eigenvalue weighted by Crippen LogP contribution is 2.34. The van der Waals surface area contributed by atoms with Gasteiger partial charge in [-0.1, -0.05) is 61.6 Å². The third-order valence-corrected chi connectivity index (χ3v) is 7.97. The van der Waals surface area contributed by atoms with Crippen molar-refractivity contribution in [3.05, 3.63) is 59.7 Å². The largest absolute Gasteiger partial charge is 0.492 e. The third-order valence-electron chi connectivity index (χ3n) is 5.32. The zero-order valence-electron chi connectivity index (χ0n) is 17.4. The van der Waals surface area contributed by atoms with Crippen LogP contribution in [-0.2, 0) is 14.9 Å². The molecule has 2 unspecified atom stereocenters. The number of thioether (sulfide) groups is 2. The lowest BCUT2D eigenvalue weighted by atomic mass is 9.78. The van der Waals surface area contributed by atoms with E-state index in [4.69, 9.17) is 43.4 Å². The Morgan fingerprint density at radius 3 is 1.48 bits per heavy atom. The van der Waals surface area contributed by atoms with Crippen molar-refractivity contribution in [3.63, 3.8) is 0 Å². The molecule has 31 heavy (non-hydrogen) atoms. The summed E-state index contributed by atoms with van der Waals surface area (Å²) >= 11 is 13.2. The molecule has 0 radical (unpaired) electrons. The summed E-state index contributed by atoms with van der Waals surface area (Å²) in [6.45, 7) is 6.86. The Morgan fingerprint density at radius 1 is 0.774 bits per heavy atom. The SMILES string of the molecule is CC(C)(c1ccc(OCC2COC(=S)S2)cc1)c1ccc(OCC2COC(=S)S2)cc1. The molecule has 164 valence electrons. The van der Waals surface area contributed by atoms with Gasteiger partial charge in [-0.05, 0) is 59.8 Å². The van der Waals surface area contributed by atoms with Crippen molar-refractivity contribution in [2.75, 3.05) is 26.4 Å². The topological polar surface area (TPSA) is 36.9 Å². The molecule has 2 aromatic rings. The molecule has 2 heterocycles. The van der Waals surface area contributed by atoms with Crippen LogP contribution < -0.4 is 9.47 Å². The van der Waals surface area contributed by atoms with Crippen LogP contribution in [0.2, 0.25) is 0 Å². The van der Waals surface area contributed by atoms with Gasteiger partial charge in [0, 0.05) is 5.41 Å². The zero-order chi connectivity index (χ0) is 21.8. The number of thiocarbonyl (C=S) groups is 2. The minimum atomic E-state index is -0.139. The lowest BCUT2D eigenvalue weighted by molar-refractivity contribution is 0.265. The van der Waals surface area contributed by atoms with Crippen molar-refractivity contribution < 1.29 is 18.9 Å². The van der Waals surface area contributed by atoms with Crippen molar-refractivity contribution in [2.24, 2.45) is 0 Å². The molecule has 2 saturated heterocycles. The fraction of sp³-hybridized carbons (Fsp3) is 0.391. The number of rotatable bonds is 8. The quantitative estimate of drug-likeness (QED) is 0.441. The monoisotopic (exact) mass is 492 g/mol. The predicted molar refractivity (Wildman–Crippen MR) is 136 cm³/mol. The van der Waals surface area contributed by atoms with E-state index in [0.29, 0.717) is 35.2 Å². The summed E-state index contributed by atoms with van der Waals surface area (Å²) < 4.78 is 23.7. The summed E-state index contributed by atoms with van der Waals surface area (Å²) in [6.07, 6.45) is 0. The first-order valence-electron chi connectivity index (χ1n) is 10.0. The molecule has 0 N–H and O–H groups in total. The van der Waals surface area contributed by atoms with Gasteiger partial charge in [0.1, 0.15) is 37.9 Å². The van der Waals surface area contributed by atoms with Crippen LogP contribution in [0.25, 0.3) is 0 Å². The first-order valence-corrected chi connectivity index (χ1v) is 12.6. The second-order valence-electron chi connectivity index (χ2n) is 7.90. The van der Waals surface area contributed by atoms with Gasteiger partial charge in [-0.25, -0.2) is 0 Å². The molecule has 0 aromatic heterocycles. The van der Waals surface area contributed by atoms with Crippen molar-refractivity contribution >= 4 is 56.7 Å². The maximum Gasteiger partial charge on any atom is 0.220 e. The van der Waals surface area contributed by atoms with E-state index in [9.17, 15) is 0 Å². The van der Waals surface area contributed by atoms with Gasteiger partial charge < -0.3 is 18.9 Å². The third kappa shape index (κ3) is 5.86. The summed E-state index contributed by atoms with van der Waals surface area (Å²) in [7, 11) is 0. The Balaban J connectivity index is 1.33. The van der Waals surface area contributed by atoms with E-state index < -0.39 is 0 Å². The molecule has 2 aliphatic rings. The van der Waals surface area contributed by atoms with Crippen LogP contribution in [-0.4, -0.2) is 45.7 Å². The average Bonchev–Trinajstić information content (AvgIpc) is 3.39. The molecule has 4 nitrogen and oxygen atoms in total. The minimum absolute atomic E-state index is 0.139. The van der Waals surface area contributed by atoms with Gasteiger partial charge in [-0.2, -0.15) is 0 Å². The molecule has 0 bridgehead atoms. The highest BCUT2D eigenvalue weighted by molar-refractivity contribution is 8.23. The zero-order valence-corrected chi connectivity index (χ0v) is 20.6. The van der Waals surface area contributed by atoms with Crippen molar-refractivity contribution in [2.45, 2.75) is 29.8 Å². The van der Waals surface area contributed by atoms with Gasteiger partial charge >= 0.3 is 0 Å². The number of hydrogen-bond acceptors (Lipinski definition) is 8. The Kier molecular flexibility index (Phi) is 7.31. The number of benzene rings is 2. The molecule has 2 aromatic carbocycles. The second kappa shape index (κ2) is 9.98. The van der Waals surface area contributed by atoms with Crippen LogP contribution in [0.3, 0.4) is 0 Å². The van der Waals surface area contributed by atoms with Gasteiger partial charge in [0.2, 0.25) is 8.77 Å². The molecule has 8 heteroatoms. The lowest BCUT2D eigenvalue weighted by Gasteiger charge is -2.26. The predicted octanol–water partition coefficient (Wildman–Crippen LogP) is 5.60. The van der Waals surface area contributed by atoms with E-state index in [1.807, 2.05) is 24.3 Å². The molecule has 2 fully saturated rings. The van der Waals surface area contributed by atoms with E-state index in [0.717, 1.165) is 11.5 Å². The molecule has 2 aliphatic heterocycles. The first-order chi connectivity index (χ1) is 14.9. The van der Waals surface area contributed by atoms with Gasteiger partial charge in [-0.15, -0.1) is 0 Å². The molecular weight excluding hydrogens is 469 g/mol. The molecule has 0 spiro atoms. The van der Waals surface area contributed by atoms with E-state index >= 15 is 0 Å². The van der Waals surface area contributed by atoms with Crippen LogP contribution in [0.1, 0.15) is 25.0 Å². The van der Waals surface area contributed by atoms with Crippen LogP contribution in [0.5, 0.6) is 11.5 Å². The van der Waals surface area contributed by atoms with Gasteiger partial charge in [0.15, 0.2) is 0 Å². The number of ether oxygens (including phenoxy) is 4. The fourth-order valence-electron chi connectivity index (χ4n) is 3.38. The Morgan fingerprint density at radius 2 is 1.16 bits per heavy atom. The maximum atomic E-state index is 5.91. The van der Waals surface area contributed by atoms with Crippen LogP contribution in [0, 0.1) is 0 Å². The van der Waals surface area contributed by atoms with E-state index in [1.54, 1.807) is 23.5 Å². The summed E-state index contributed by atoms with van der Waals surface area (Å²) in [5, 5.41) is 0.529. The standard InChI is InChI=1S/C23H24O4S4/c1-23(2,15-3-7-17(8-4-15)24-11-19-13-26-21(28)30-19)16-5-9-18(10-6-16)25-12-20-14-27-22(29)31-20/h3-10,19-20H,11-14H2,1-2H3. The van der Waals surface area contributed by atoms with Crippen molar-refractivity contribution in [3.8, 4) is 11.5 Å². The van der Waals surface area contributed by atoms with E-state index in [1.165, 1.54) is 11.1 Å². The summed E-state index contributed by atoms with van der Waals surface area (Å²) in [4.78, 5) is 0. The van der Waals surface area contributed by atoms with Gasteiger partial charge in [-0.3, -0.25) is 0 Å². The Bertz CT molecular complexity index is 852. The van der Waals surface area contributed by atoms with Crippen molar-refractivity contribution in [1.29, 1.82) is 0 Å². The molecule has 2 atom stereocenters. The normalized spacial score (nSPS) is 21.0. The van der Waals surface area contributed by atoms with Gasteiger partial charge in [0.05, 0.1) is 10.5 Å². The van der Waals surface area contributed by atoms with Crippen LogP contribution in [0.4, 0.5) is 0 Å². The molecular formula is C23H24O4S4. The Labute approximate surface area is 202 Å². The Hall–Kier alpha value is -1.48. The molecule has 4 rings (SSSR count). The van der Waals surface area contributed by atoms with E-state index in [2.05, 4.69) is 38.1 Å². The molecule has 0 aliphatic carbocycles. The minimum Gasteiger partial charge on any atom is -0.492 e. The summed E-state index contributed by atoms with van der Waals surface area (Å²) in [5.41, 5.74) is 2.31. The summed E-state index contributed by atoms with van der Waals surface area (Å²) in [5.74, 6) is 1.71. The highest BCUT2D eigenvalue weighted by Gasteiger charge is 2.25. The van der Waals surface area contributed by atoms with Gasteiger partial charge in [0.25, 0.3) is 0 Å². The molecule has 0 amide bonds. The smallest absolute Gasteiger partial charge is 0.220 e.